The van der Waals surface area contributed by atoms with Gasteiger partial charge in [0.1, 0.15) is 5.76 Å². The minimum atomic E-state index is -0.914. The molecule has 0 bridgehead atoms. The van der Waals surface area contributed by atoms with Crippen molar-refractivity contribution in [2.24, 2.45) is 0 Å². The Hall–Kier alpha value is -1.88. The molecule has 5 heteroatoms. The van der Waals surface area contributed by atoms with E-state index in [4.69, 9.17) is 4.42 Å². The van der Waals surface area contributed by atoms with Gasteiger partial charge in [0, 0.05) is 17.4 Å². The number of hydrogen-bond donors (Lipinski definition) is 2. The van der Waals surface area contributed by atoms with E-state index in [1.54, 1.807) is 12.3 Å². The minimum absolute atomic E-state index is 0.0800. The van der Waals surface area contributed by atoms with E-state index in [1.807, 2.05) is 37.4 Å². The van der Waals surface area contributed by atoms with Gasteiger partial charge in [-0.25, -0.2) is 4.79 Å². The van der Waals surface area contributed by atoms with Crippen molar-refractivity contribution in [1.29, 1.82) is 0 Å². The van der Waals surface area contributed by atoms with Crippen molar-refractivity contribution in [1.82, 2.24) is 0 Å². The largest absolute Gasteiger partial charge is 0.478 e. The van der Waals surface area contributed by atoms with E-state index in [2.05, 4.69) is 5.32 Å². The molecule has 2 N–H and O–H groups in total. The van der Waals surface area contributed by atoms with E-state index < -0.39 is 5.97 Å². The monoisotopic (exact) mass is 291 g/mol. The molecule has 20 heavy (non-hydrogen) atoms. The standard InChI is InChI=1S/C15H17NO3S/c1-10(9-11-5-4-8-19-11)16-12-6-3-7-13(20-2)14(12)15(17)18/h3-8,10,16H,9H2,1-2H3,(H,17,18). The first-order valence-corrected chi connectivity index (χ1v) is 7.53. The Bertz CT molecular complexity index is 581. The van der Waals surface area contributed by atoms with Gasteiger partial charge in [0.25, 0.3) is 0 Å². The Kier molecular flexibility index (Phi) is 4.74. The van der Waals surface area contributed by atoms with Crippen molar-refractivity contribution in [2.45, 2.75) is 24.3 Å². The van der Waals surface area contributed by atoms with Gasteiger partial charge in [-0.2, -0.15) is 0 Å². The fraction of sp³-hybridized carbons (Fsp3) is 0.267. The first kappa shape index (κ1) is 14.5. The van der Waals surface area contributed by atoms with Gasteiger partial charge in [-0.3, -0.25) is 0 Å². The lowest BCUT2D eigenvalue weighted by molar-refractivity contribution is 0.0694. The SMILES string of the molecule is CSc1cccc(NC(C)Cc2ccco2)c1C(=O)O. The topological polar surface area (TPSA) is 62.5 Å². The Morgan fingerprint density at radius 1 is 1.40 bits per heavy atom. The fourth-order valence-electron chi connectivity index (χ4n) is 2.09. The minimum Gasteiger partial charge on any atom is -0.478 e. The summed E-state index contributed by atoms with van der Waals surface area (Å²) < 4.78 is 5.30. The lowest BCUT2D eigenvalue weighted by atomic mass is 10.1. The second-order valence-corrected chi connectivity index (χ2v) is 5.36. The third-order valence-electron chi connectivity index (χ3n) is 2.95. The maximum atomic E-state index is 11.4. The molecule has 0 saturated heterocycles. The molecule has 1 aromatic heterocycles. The van der Waals surface area contributed by atoms with Crippen LogP contribution in [0.25, 0.3) is 0 Å². The smallest absolute Gasteiger partial charge is 0.338 e. The summed E-state index contributed by atoms with van der Waals surface area (Å²) in [5.74, 6) is -0.0365. The summed E-state index contributed by atoms with van der Waals surface area (Å²) >= 11 is 1.43. The zero-order valence-electron chi connectivity index (χ0n) is 11.4. The molecule has 0 saturated carbocycles. The number of nitrogens with one attached hydrogen (secondary N) is 1. The molecule has 2 aromatic rings. The summed E-state index contributed by atoms with van der Waals surface area (Å²) in [6, 6.07) is 9.31. The highest BCUT2D eigenvalue weighted by atomic mass is 32.2. The molecule has 0 aliphatic carbocycles. The van der Waals surface area contributed by atoms with Crippen LogP contribution in [0.4, 0.5) is 5.69 Å². The van der Waals surface area contributed by atoms with E-state index in [-0.39, 0.29) is 6.04 Å². The molecule has 0 fully saturated rings. The molecule has 0 spiro atoms. The van der Waals surface area contributed by atoms with Crippen molar-refractivity contribution in [3.63, 3.8) is 0 Å². The van der Waals surface area contributed by atoms with Gasteiger partial charge in [-0.15, -0.1) is 11.8 Å². The van der Waals surface area contributed by atoms with E-state index >= 15 is 0 Å². The van der Waals surface area contributed by atoms with Crippen molar-refractivity contribution >= 4 is 23.4 Å². The summed E-state index contributed by atoms with van der Waals surface area (Å²) in [5, 5.41) is 12.6. The molecule has 4 nitrogen and oxygen atoms in total. The summed E-state index contributed by atoms with van der Waals surface area (Å²) in [5.41, 5.74) is 0.967. The summed E-state index contributed by atoms with van der Waals surface area (Å²) in [7, 11) is 0. The number of rotatable bonds is 6. The number of aromatic carboxylic acids is 1. The molecular weight excluding hydrogens is 274 g/mol. The number of hydrogen-bond acceptors (Lipinski definition) is 4. The highest BCUT2D eigenvalue weighted by Crippen LogP contribution is 2.27. The van der Waals surface area contributed by atoms with Crippen molar-refractivity contribution < 1.29 is 14.3 Å². The van der Waals surface area contributed by atoms with Gasteiger partial charge in [0.15, 0.2) is 0 Å². The van der Waals surface area contributed by atoms with Gasteiger partial charge < -0.3 is 14.8 Å². The maximum absolute atomic E-state index is 11.4. The Morgan fingerprint density at radius 2 is 2.20 bits per heavy atom. The van der Waals surface area contributed by atoms with E-state index in [0.717, 1.165) is 10.7 Å². The molecule has 1 heterocycles. The van der Waals surface area contributed by atoms with Gasteiger partial charge in [-0.1, -0.05) is 6.07 Å². The third-order valence-corrected chi connectivity index (χ3v) is 3.73. The van der Waals surface area contributed by atoms with Crippen LogP contribution in [0, 0.1) is 0 Å². The summed E-state index contributed by atoms with van der Waals surface area (Å²) in [4.78, 5) is 12.2. The molecule has 0 radical (unpaired) electrons. The summed E-state index contributed by atoms with van der Waals surface area (Å²) in [6.45, 7) is 2.00. The van der Waals surface area contributed by atoms with Gasteiger partial charge in [0.05, 0.1) is 17.5 Å². The number of benzene rings is 1. The van der Waals surface area contributed by atoms with Crippen LogP contribution < -0.4 is 5.32 Å². The number of anilines is 1. The highest BCUT2D eigenvalue weighted by Gasteiger charge is 2.16. The number of carboxylic acid groups (broad SMARTS) is 1. The van der Waals surface area contributed by atoms with Gasteiger partial charge in [0.2, 0.25) is 0 Å². The first-order chi connectivity index (χ1) is 9.61. The second-order valence-electron chi connectivity index (χ2n) is 4.52. The lowest BCUT2D eigenvalue weighted by Gasteiger charge is -2.17. The van der Waals surface area contributed by atoms with E-state index in [1.165, 1.54) is 11.8 Å². The first-order valence-electron chi connectivity index (χ1n) is 6.31. The molecule has 106 valence electrons. The van der Waals surface area contributed by atoms with Crippen LogP contribution >= 0.6 is 11.8 Å². The van der Waals surface area contributed by atoms with Gasteiger partial charge in [-0.05, 0) is 37.4 Å². The number of carbonyl (C=O) groups is 1. The molecule has 0 aliphatic rings. The Morgan fingerprint density at radius 3 is 2.80 bits per heavy atom. The molecule has 1 unspecified atom stereocenters. The predicted octanol–water partition coefficient (Wildman–Crippen LogP) is 3.74. The van der Waals surface area contributed by atoms with Crippen molar-refractivity contribution in [3.8, 4) is 0 Å². The van der Waals surface area contributed by atoms with Crippen LogP contribution in [0.1, 0.15) is 23.0 Å². The van der Waals surface area contributed by atoms with E-state index in [0.29, 0.717) is 17.7 Å². The third kappa shape index (κ3) is 3.36. The number of thioether (sulfide) groups is 1. The molecule has 1 atom stereocenters. The average molecular weight is 291 g/mol. The van der Waals surface area contributed by atoms with Crippen molar-refractivity contribution in [2.75, 3.05) is 11.6 Å². The van der Waals surface area contributed by atoms with Crippen LogP contribution in [0.15, 0.2) is 45.9 Å². The molecule has 1 aromatic carbocycles. The Balaban J connectivity index is 2.18. The fourth-order valence-corrected chi connectivity index (χ4v) is 2.71. The number of carboxylic acids is 1. The maximum Gasteiger partial charge on any atom is 0.338 e. The number of furan rings is 1. The highest BCUT2D eigenvalue weighted by molar-refractivity contribution is 7.98. The zero-order chi connectivity index (χ0) is 14.5. The van der Waals surface area contributed by atoms with Crippen LogP contribution in [-0.2, 0) is 6.42 Å². The molecular formula is C15H17NO3S. The predicted molar refractivity (Wildman–Crippen MR) is 80.7 cm³/mol. The van der Waals surface area contributed by atoms with Crippen molar-refractivity contribution in [3.05, 3.63) is 47.9 Å². The molecule has 0 aliphatic heterocycles. The zero-order valence-corrected chi connectivity index (χ0v) is 12.2. The Labute approximate surface area is 122 Å². The van der Waals surface area contributed by atoms with Crippen LogP contribution in [0.2, 0.25) is 0 Å². The summed E-state index contributed by atoms with van der Waals surface area (Å²) in [6.07, 6.45) is 4.21. The quantitative estimate of drug-likeness (QED) is 0.794. The van der Waals surface area contributed by atoms with E-state index in [9.17, 15) is 9.90 Å². The van der Waals surface area contributed by atoms with Gasteiger partial charge >= 0.3 is 5.97 Å². The van der Waals surface area contributed by atoms with Crippen LogP contribution in [0.3, 0.4) is 0 Å². The second kappa shape index (κ2) is 6.52. The molecule has 2 rings (SSSR count). The van der Waals surface area contributed by atoms with Crippen LogP contribution in [-0.4, -0.2) is 23.4 Å². The normalized spacial score (nSPS) is 12.1. The van der Waals surface area contributed by atoms with Crippen LogP contribution in [0.5, 0.6) is 0 Å². The lowest BCUT2D eigenvalue weighted by Crippen LogP contribution is -2.20. The average Bonchev–Trinajstić information content (AvgIpc) is 2.90. The molecule has 0 amide bonds.